The number of aromatic nitrogens is 2. The predicted octanol–water partition coefficient (Wildman–Crippen LogP) is 1.98. The van der Waals surface area contributed by atoms with Crippen molar-refractivity contribution in [3.05, 3.63) is 74.0 Å². The van der Waals surface area contributed by atoms with Gasteiger partial charge in [-0.05, 0) is 17.7 Å². The maximum absolute atomic E-state index is 12.7. The van der Waals surface area contributed by atoms with Crippen LogP contribution in [0.2, 0.25) is 5.02 Å². The number of nitrogens with zero attached hydrogens (tertiary/aromatic N) is 3. The molecule has 2 aromatic heterocycles. The highest BCUT2D eigenvalue weighted by Gasteiger charge is 2.19. The number of halogens is 1. The number of carbonyl (C=O) groups is 1. The standard InChI is InChI=1S/C17H14ClN3O5/c1-19(17(25)26)12-9-20-5-6-21(8-10-3-2-4-11(18)7-10)16(24)13(20)15(23)14(12)22/h2-7,9,23H,8H2,1H3,(H,25,26). The van der Waals surface area contributed by atoms with Gasteiger partial charge >= 0.3 is 6.09 Å². The van der Waals surface area contributed by atoms with Crippen molar-refractivity contribution >= 4 is 28.9 Å². The first-order chi connectivity index (χ1) is 12.3. The molecule has 1 aromatic carbocycles. The van der Waals surface area contributed by atoms with Crippen LogP contribution >= 0.6 is 11.6 Å². The second kappa shape index (κ2) is 6.57. The zero-order valence-electron chi connectivity index (χ0n) is 13.6. The first kappa shape index (κ1) is 17.6. The Hall–Kier alpha value is -3.26. The van der Waals surface area contributed by atoms with Gasteiger partial charge in [-0.2, -0.15) is 0 Å². The van der Waals surface area contributed by atoms with Gasteiger partial charge < -0.3 is 19.2 Å². The second-order valence-electron chi connectivity index (χ2n) is 5.65. The number of hydrogen-bond acceptors (Lipinski definition) is 4. The number of benzene rings is 1. The lowest BCUT2D eigenvalue weighted by molar-refractivity contribution is 0.203. The van der Waals surface area contributed by atoms with Crippen LogP contribution in [0.25, 0.3) is 5.52 Å². The first-order valence-corrected chi connectivity index (χ1v) is 7.86. The number of hydrogen-bond donors (Lipinski definition) is 2. The molecule has 2 N–H and O–H groups in total. The Kier molecular flexibility index (Phi) is 4.43. The summed E-state index contributed by atoms with van der Waals surface area (Å²) >= 11 is 5.94. The molecule has 0 spiro atoms. The molecule has 134 valence electrons. The maximum Gasteiger partial charge on any atom is 0.411 e. The Morgan fingerprint density at radius 3 is 2.65 bits per heavy atom. The van der Waals surface area contributed by atoms with Crippen LogP contribution < -0.4 is 15.9 Å². The van der Waals surface area contributed by atoms with Crippen molar-refractivity contribution in [1.29, 1.82) is 0 Å². The molecule has 0 radical (unpaired) electrons. The molecule has 2 heterocycles. The van der Waals surface area contributed by atoms with Crippen LogP contribution in [0.5, 0.6) is 5.75 Å². The van der Waals surface area contributed by atoms with Crippen molar-refractivity contribution < 1.29 is 15.0 Å². The van der Waals surface area contributed by atoms with Gasteiger partial charge in [0.05, 0.1) is 6.54 Å². The van der Waals surface area contributed by atoms with Crippen LogP contribution in [0.3, 0.4) is 0 Å². The molecule has 0 unspecified atom stereocenters. The second-order valence-corrected chi connectivity index (χ2v) is 6.09. The Bertz CT molecular complexity index is 1140. The van der Waals surface area contributed by atoms with Gasteiger partial charge in [0, 0.05) is 30.7 Å². The number of fused-ring (bicyclic) bond motifs is 1. The molecule has 3 aromatic rings. The van der Waals surface area contributed by atoms with Gasteiger partial charge in [0.2, 0.25) is 5.43 Å². The van der Waals surface area contributed by atoms with Crippen molar-refractivity contribution in [2.75, 3.05) is 11.9 Å². The minimum Gasteiger partial charge on any atom is -0.502 e. The maximum atomic E-state index is 12.7. The van der Waals surface area contributed by atoms with Gasteiger partial charge in [0.1, 0.15) is 5.69 Å². The summed E-state index contributed by atoms with van der Waals surface area (Å²) in [6, 6.07) is 6.95. The number of rotatable bonds is 3. The Labute approximate surface area is 151 Å². The van der Waals surface area contributed by atoms with Crippen LogP contribution in [-0.4, -0.2) is 32.3 Å². The normalized spacial score (nSPS) is 10.8. The van der Waals surface area contributed by atoms with E-state index >= 15 is 0 Å². The highest BCUT2D eigenvalue weighted by Crippen LogP contribution is 2.17. The molecule has 0 atom stereocenters. The van der Waals surface area contributed by atoms with E-state index in [4.69, 9.17) is 16.7 Å². The molecule has 8 nitrogen and oxygen atoms in total. The molecular weight excluding hydrogens is 362 g/mol. The van der Waals surface area contributed by atoms with Crippen LogP contribution in [0.1, 0.15) is 5.56 Å². The lowest BCUT2D eigenvalue weighted by atomic mass is 10.2. The van der Waals surface area contributed by atoms with E-state index in [0.717, 1.165) is 5.56 Å². The Balaban J connectivity index is 2.17. The van der Waals surface area contributed by atoms with E-state index in [0.29, 0.717) is 9.92 Å². The van der Waals surface area contributed by atoms with Gasteiger partial charge in [0.15, 0.2) is 11.3 Å². The summed E-state index contributed by atoms with van der Waals surface area (Å²) in [5.41, 5.74) is -1.26. The first-order valence-electron chi connectivity index (χ1n) is 7.48. The lowest BCUT2D eigenvalue weighted by Gasteiger charge is -2.15. The number of aromatic hydroxyl groups is 1. The third-order valence-corrected chi connectivity index (χ3v) is 4.19. The molecule has 0 aliphatic rings. The fraction of sp³-hybridized carbons (Fsp3) is 0.118. The summed E-state index contributed by atoms with van der Waals surface area (Å²) in [6.07, 6.45) is 2.76. The van der Waals surface area contributed by atoms with E-state index in [2.05, 4.69) is 0 Å². The zero-order chi connectivity index (χ0) is 19.0. The molecule has 0 bridgehead atoms. The molecule has 3 rings (SSSR count). The third-order valence-electron chi connectivity index (χ3n) is 3.95. The molecule has 1 amide bonds. The molecule has 0 saturated carbocycles. The average molecular weight is 376 g/mol. The quantitative estimate of drug-likeness (QED) is 0.728. The molecule has 0 aliphatic heterocycles. The summed E-state index contributed by atoms with van der Waals surface area (Å²) in [5, 5.41) is 19.8. The summed E-state index contributed by atoms with van der Waals surface area (Å²) in [7, 11) is 1.17. The van der Waals surface area contributed by atoms with Crippen molar-refractivity contribution in [2.24, 2.45) is 0 Å². The molecular formula is C17H14ClN3O5. The van der Waals surface area contributed by atoms with Crippen LogP contribution in [0.4, 0.5) is 10.5 Å². The SMILES string of the molecule is CN(C(=O)O)c1cn2ccn(Cc3cccc(Cl)c3)c(=O)c2c(O)c1=O. The van der Waals surface area contributed by atoms with E-state index < -0.39 is 22.8 Å². The van der Waals surface area contributed by atoms with Crippen LogP contribution in [-0.2, 0) is 6.54 Å². The third kappa shape index (κ3) is 3.02. The fourth-order valence-corrected chi connectivity index (χ4v) is 2.80. The fourth-order valence-electron chi connectivity index (χ4n) is 2.59. The van der Waals surface area contributed by atoms with E-state index in [1.54, 1.807) is 24.3 Å². The lowest BCUT2D eigenvalue weighted by Crippen LogP contribution is -2.31. The van der Waals surface area contributed by atoms with E-state index in [1.807, 2.05) is 0 Å². The number of anilines is 1. The van der Waals surface area contributed by atoms with Crippen molar-refractivity contribution in [3.8, 4) is 5.75 Å². The van der Waals surface area contributed by atoms with E-state index in [1.165, 1.54) is 34.6 Å². The summed E-state index contributed by atoms with van der Waals surface area (Å²) in [5.74, 6) is -0.805. The molecule has 0 aliphatic carbocycles. The van der Waals surface area contributed by atoms with Gasteiger partial charge in [0.25, 0.3) is 5.56 Å². The Morgan fingerprint density at radius 1 is 1.27 bits per heavy atom. The molecule has 9 heteroatoms. The number of carboxylic acid groups (broad SMARTS) is 1. The highest BCUT2D eigenvalue weighted by molar-refractivity contribution is 6.30. The smallest absolute Gasteiger partial charge is 0.411 e. The van der Waals surface area contributed by atoms with Gasteiger partial charge in [-0.3, -0.25) is 14.5 Å². The largest absolute Gasteiger partial charge is 0.502 e. The monoisotopic (exact) mass is 375 g/mol. The summed E-state index contributed by atoms with van der Waals surface area (Å²) in [6.45, 7) is 0.195. The topological polar surface area (TPSA) is 104 Å². The van der Waals surface area contributed by atoms with Gasteiger partial charge in [-0.15, -0.1) is 0 Å². The van der Waals surface area contributed by atoms with Crippen molar-refractivity contribution in [2.45, 2.75) is 6.54 Å². The number of pyridine rings is 1. The average Bonchev–Trinajstić information content (AvgIpc) is 2.59. The summed E-state index contributed by atoms with van der Waals surface area (Å²) < 4.78 is 2.54. The minimum absolute atomic E-state index is 0.195. The highest BCUT2D eigenvalue weighted by atomic mass is 35.5. The minimum atomic E-state index is -1.37. The van der Waals surface area contributed by atoms with Crippen molar-refractivity contribution in [3.63, 3.8) is 0 Å². The molecule has 26 heavy (non-hydrogen) atoms. The summed E-state index contributed by atoms with van der Waals surface area (Å²) in [4.78, 5) is 36.7. The predicted molar refractivity (Wildman–Crippen MR) is 96.6 cm³/mol. The van der Waals surface area contributed by atoms with Crippen LogP contribution in [0, 0.1) is 0 Å². The van der Waals surface area contributed by atoms with E-state index in [-0.39, 0.29) is 17.7 Å². The van der Waals surface area contributed by atoms with Crippen molar-refractivity contribution in [1.82, 2.24) is 8.97 Å². The van der Waals surface area contributed by atoms with Crippen LogP contribution in [0.15, 0.2) is 52.4 Å². The number of amides is 1. The zero-order valence-corrected chi connectivity index (χ0v) is 14.3. The van der Waals surface area contributed by atoms with Gasteiger partial charge in [-0.1, -0.05) is 23.7 Å². The molecule has 0 fully saturated rings. The molecule has 0 saturated heterocycles. The Morgan fingerprint density at radius 2 is 2.00 bits per heavy atom. The van der Waals surface area contributed by atoms with E-state index in [9.17, 15) is 19.5 Å². The van der Waals surface area contributed by atoms with Gasteiger partial charge in [-0.25, -0.2) is 4.79 Å².